The third-order valence-electron chi connectivity index (χ3n) is 5.33. The summed E-state index contributed by atoms with van der Waals surface area (Å²) in [6.07, 6.45) is 1.53. The van der Waals surface area contributed by atoms with Gasteiger partial charge in [0.05, 0.1) is 16.3 Å². The van der Waals surface area contributed by atoms with Crippen LogP contribution in [0.2, 0.25) is 0 Å². The SMILES string of the molecule is Cc1cc(C)n(-c2ccc(C(=O)Nc3cccc(S(=O)(=O)/N=C4/CCCN4C)c3)cc2)n1. The molecular weight excluding hydrogens is 426 g/mol. The number of aryl methyl sites for hydroxylation is 2. The molecule has 2 aromatic carbocycles. The summed E-state index contributed by atoms with van der Waals surface area (Å²) < 4.78 is 31.2. The average molecular weight is 452 g/mol. The Morgan fingerprint density at radius 2 is 1.84 bits per heavy atom. The summed E-state index contributed by atoms with van der Waals surface area (Å²) in [5.41, 5.74) is 3.63. The van der Waals surface area contributed by atoms with Gasteiger partial charge in [0.1, 0.15) is 5.84 Å². The summed E-state index contributed by atoms with van der Waals surface area (Å²) in [7, 11) is -2.02. The Morgan fingerprint density at radius 3 is 2.47 bits per heavy atom. The molecule has 0 bridgehead atoms. The molecule has 9 heteroatoms. The van der Waals surface area contributed by atoms with Gasteiger partial charge in [-0.15, -0.1) is 4.40 Å². The molecular formula is C23H25N5O3S. The van der Waals surface area contributed by atoms with Crippen LogP contribution in [0.5, 0.6) is 0 Å². The summed E-state index contributed by atoms with van der Waals surface area (Å²) in [4.78, 5) is 14.6. The van der Waals surface area contributed by atoms with E-state index in [4.69, 9.17) is 0 Å². The minimum atomic E-state index is -3.85. The van der Waals surface area contributed by atoms with Crippen LogP contribution in [0.3, 0.4) is 0 Å². The molecule has 1 aromatic heterocycles. The quantitative estimate of drug-likeness (QED) is 0.640. The standard InChI is InChI=1S/C23H25N5O3S/c1-16-14-17(2)28(25-16)20-11-9-18(10-12-20)23(29)24-19-6-4-7-21(15-19)32(30,31)26-22-8-5-13-27(22)3/h4,6-7,9-12,14-15H,5,8,13H2,1-3H3,(H,24,29)/b26-22-. The molecule has 32 heavy (non-hydrogen) atoms. The van der Waals surface area contributed by atoms with Crippen molar-refractivity contribution in [2.75, 3.05) is 18.9 Å². The molecule has 1 saturated heterocycles. The highest BCUT2D eigenvalue weighted by molar-refractivity contribution is 7.90. The topological polar surface area (TPSA) is 96.7 Å². The Labute approximate surface area is 187 Å². The first-order valence-electron chi connectivity index (χ1n) is 10.3. The van der Waals surface area contributed by atoms with Gasteiger partial charge in [0.15, 0.2) is 0 Å². The van der Waals surface area contributed by atoms with Gasteiger partial charge in [-0.2, -0.15) is 13.5 Å². The number of amidine groups is 1. The fraction of sp³-hybridized carbons (Fsp3) is 0.261. The lowest BCUT2D eigenvalue weighted by Crippen LogP contribution is -2.20. The second-order valence-electron chi connectivity index (χ2n) is 7.88. The molecule has 0 atom stereocenters. The Morgan fingerprint density at radius 1 is 1.09 bits per heavy atom. The first kappa shape index (κ1) is 21.8. The fourth-order valence-electron chi connectivity index (χ4n) is 3.68. The lowest BCUT2D eigenvalue weighted by atomic mass is 10.2. The van der Waals surface area contributed by atoms with Gasteiger partial charge >= 0.3 is 0 Å². The molecule has 0 unspecified atom stereocenters. The number of rotatable bonds is 5. The maximum atomic E-state index is 12.7. The number of aromatic nitrogens is 2. The summed E-state index contributed by atoms with van der Waals surface area (Å²) in [6, 6.07) is 15.2. The Kier molecular flexibility index (Phi) is 5.84. The highest BCUT2D eigenvalue weighted by Gasteiger charge is 2.20. The molecule has 1 fully saturated rings. The first-order chi connectivity index (χ1) is 15.2. The van der Waals surface area contributed by atoms with Crippen molar-refractivity contribution in [1.82, 2.24) is 14.7 Å². The zero-order valence-corrected chi connectivity index (χ0v) is 19.1. The number of carbonyl (C=O) groups excluding carboxylic acids is 1. The Hall–Kier alpha value is -3.46. The van der Waals surface area contributed by atoms with E-state index in [1.807, 2.05) is 48.7 Å². The minimum Gasteiger partial charge on any atom is -0.362 e. The molecule has 0 radical (unpaired) electrons. The van der Waals surface area contributed by atoms with Gasteiger partial charge in [-0.05, 0) is 68.8 Å². The highest BCUT2D eigenvalue weighted by atomic mass is 32.2. The van der Waals surface area contributed by atoms with Crippen LogP contribution in [0.15, 0.2) is 63.9 Å². The van der Waals surface area contributed by atoms with Crippen molar-refractivity contribution in [3.8, 4) is 5.69 Å². The van der Waals surface area contributed by atoms with Gasteiger partial charge in [-0.3, -0.25) is 4.79 Å². The number of benzene rings is 2. The maximum absolute atomic E-state index is 12.7. The lowest BCUT2D eigenvalue weighted by Gasteiger charge is -2.11. The number of sulfonamides is 1. The number of nitrogens with zero attached hydrogens (tertiary/aromatic N) is 4. The number of anilines is 1. The molecule has 4 rings (SSSR count). The monoisotopic (exact) mass is 451 g/mol. The van der Waals surface area contributed by atoms with E-state index in [0.29, 0.717) is 23.5 Å². The van der Waals surface area contributed by atoms with Crippen molar-refractivity contribution in [3.05, 3.63) is 71.5 Å². The predicted octanol–water partition coefficient (Wildman–Crippen LogP) is 3.55. The number of likely N-dealkylation sites (tertiary alicyclic amines) is 1. The number of nitrogens with one attached hydrogen (secondary N) is 1. The highest BCUT2D eigenvalue weighted by Crippen LogP contribution is 2.21. The fourth-order valence-corrected chi connectivity index (χ4v) is 4.82. The number of hydrogen-bond donors (Lipinski definition) is 1. The van der Waals surface area contributed by atoms with Crippen molar-refractivity contribution in [3.63, 3.8) is 0 Å². The van der Waals surface area contributed by atoms with Crippen LogP contribution in [-0.4, -0.2) is 48.4 Å². The molecule has 166 valence electrons. The molecule has 1 aliphatic rings. The van der Waals surface area contributed by atoms with Gasteiger partial charge in [0.2, 0.25) is 0 Å². The van der Waals surface area contributed by atoms with E-state index in [9.17, 15) is 13.2 Å². The third kappa shape index (κ3) is 4.57. The summed E-state index contributed by atoms with van der Waals surface area (Å²) >= 11 is 0. The van der Waals surface area contributed by atoms with E-state index in [-0.39, 0.29) is 10.8 Å². The summed E-state index contributed by atoms with van der Waals surface area (Å²) in [5, 5.41) is 7.21. The van der Waals surface area contributed by atoms with Crippen LogP contribution < -0.4 is 5.32 Å². The number of amides is 1. The zero-order valence-electron chi connectivity index (χ0n) is 18.2. The molecule has 1 amide bonds. The lowest BCUT2D eigenvalue weighted by molar-refractivity contribution is 0.102. The predicted molar refractivity (Wildman–Crippen MR) is 124 cm³/mol. The van der Waals surface area contributed by atoms with Gasteiger partial charge in [-0.1, -0.05) is 6.07 Å². The smallest absolute Gasteiger partial charge is 0.284 e. The van der Waals surface area contributed by atoms with Crippen LogP contribution in [0, 0.1) is 13.8 Å². The van der Waals surface area contributed by atoms with Crippen molar-refractivity contribution in [2.24, 2.45) is 4.40 Å². The summed E-state index contributed by atoms with van der Waals surface area (Å²) in [6.45, 7) is 4.69. The van der Waals surface area contributed by atoms with Crippen LogP contribution >= 0.6 is 0 Å². The van der Waals surface area contributed by atoms with Crippen LogP contribution in [0.25, 0.3) is 5.69 Å². The van der Waals surface area contributed by atoms with Gasteiger partial charge in [-0.25, -0.2) is 4.68 Å². The van der Waals surface area contributed by atoms with E-state index in [1.165, 1.54) is 12.1 Å². The molecule has 2 heterocycles. The molecule has 0 aliphatic carbocycles. The van der Waals surface area contributed by atoms with Crippen molar-refractivity contribution in [2.45, 2.75) is 31.6 Å². The van der Waals surface area contributed by atoms with E-state index >= 15 is 0 Å². The molecule has 8 nitrogen and oxygen atoms in total. The normalized spacial score (nSPS) is 15.3. The van der Waals surface area contributed by atoms with Crippen LogP contribution in [0.1, 0.15) is 34.6 Å². The molecule has 0 spiro atoms. The second-order valence-corrected chi connectivity index (χ2v) is 9.48. The van der Waals surface area contributed by atoms with Gasteiger partial charge < -0.3 is 10.2 Å². The Balaban J connectivity index is 1.51. The van der Waals surface area contributed by atoms with Crippen molar-refractivity contribution in [1.29, 1.82) is 0 Å². The van der Waals surface area contributed by atoms with Crippen molar-refractivity contribution < 1.29 is 13.2 Å². The molecule has 0 saturated carbocycles. The zero-order chi connectivity index (χ0) is 22.9. The second kappa shape index (κ2) is 8.58. The van der Waals surface area contributed by atoms with E-state index in [1.54, 1.807) is 24.3 Å². The molecule has 1 N–H and O–H groups in total. The van der Waals surface area contributed by atoms with Gasteiger partial charge in [0.25, 0.3) is 15.9 Å². The maximum Gasteiger partial charge on any atom is 0.284 e. The van der Waals surface area contributed by atoms with Crippen LogP contribution in [-0.2, 0) is 10.0 Å². The number of carbonyl (C=O) groups is 1. The largest absolute Gasteiger partial charge is 0.362 e. The van der Waals surface area contributed by atoms with Gasteiger partial charge in [0, 0.05) is 37.0 Å². The average Bonchev–Trinajstić information content (AvgIpc) is 3.31. The summed E-state index contributed by atoms with van der Waals surface area (Å²) in [5.74, 6) is 0.225. The molecule has 3 aromatic rings. The number of hydrogen-bond acceptors (Lipinski definition) is 4. The Bertz CT molecular complexity index is 1290. The van der Waals surface area contributed by atoms with E-state index < -0.39 is 10.0 Å². The third-order valence-corrected chi connectivity index (χ3v) is 6.63. The van der Waals surface area contributed by atoms with Crippen LogP contribution in [0.4, 0.5) is 5.69 Å². The first-order valence-corrected chi connectivity index (χ1v) is 11.8. The van der Waals surface area contributed by atoms with E-state index in [2.05, 4.69) is 14.8 Å². The van der Waals surface area contributed by atoms with E-state index in [0.717, 1.165) is 30.0 Å². The van der Waals surface area contributed by atoms with Crippen molar-refractivity contribution >= 4 is 27.5 Å². The minimum absolute atomic E-state index is 0.0444. The molecule has 1 aliphatic heterocycles.